The van der Waals surface area contributed by atoms with Crippen LogP contribution in [0.3, 0.4) is 0 Å². The third kappa shape index (κ3) is 2.84. The van der Waals surface area contributed by atoms with E-state index in [9.17, 15) is 14.4 Å². The zero-order valence-corrected chi connectivity index (χ0v) is 16.7. The minimum atomic E-state index is -0.646. The molecule has 3 N–H and O–H groups in total. The molecule has 0 spiro atoms. The lowest BCUT2D eigenvalue weighted by atomic mass is 10.1. The molecule has 0 unspecified atom stereocenters. The van der Waals surface area contributed by atoms with Crippen LogP contribution in [0.2, 0.25) is 5.02 Å². The molecule has 2 aromatic carbocycles. The van der Waals surface area contributed by atoms with Crippen LogP contribution in [0.25, 0.3) is 22.4 Å². The number of carbonyl (C=O) groups is 2. The van der Waals surface area contributed by atoms with Gasteiger partial charge in [0.2, 0.25) is 0 Å². The first kappa shape index (κ1) is 18.8. The van der Waals surface area contributed by atoms with Crippen LogP contribution >= 0.6 is 11.6 Å². The van der Waals surface area contributed by atoms with Gasteiger partial charge in [-0.05, 0) is 36.4 Å². The fourth-order valence-electron chi connectivity index (χ4n) is 3.48. The van der Waals surface area contributed by atoms with Crippen LogP contribution in [0.4, 0.5) is 5.82 Å². The Labute approximate surface area is 178 Å². The number of fused-ring (bicyclic) bond motifs is 2. The fourth-order valence-corrected chi connectivity index (χ4v) is 3.73. The lowest BCUT2D eigenvalue weighted by Gasteiger charge is -2.11. The van der Waals surface area contributed by atoms with Crippen molar-refractivity contribution in [2.24, 2.45) is 0 Å². The Hall–Kier alpha value is -4.18. The number of aromatic nitrogens is 4. The van der Waals surface area contributed by atoms with Crippen molar-refractivity contribution in [3.05, 3.63) is 69.0 Å². The monoisotopic (exact) mass is 436 g/mol. The molecule has 0 saturated carbocycles. The highest BCUT2D eigenvalue weighted by Gasteiger charge is 2.31. The lowest BCUT2D eigenvalue weighted by Crippen LogP contribution is -2.24. The third-order valence-electron chi connectivity index (χ3n) is 4.94. The summed E-state index contributed by atoms with van der Waals surface area (Å²) >= 11 is 6.18. The normalized spacial score (nSPS) is 12.8. The molecule has 31 heavy (non-hydrogen) atoms. The number of carbonyl (C=O) groups excluding carboxylic acids is 2. The van der Waals surface area contributed by atoms with Gasteiger partial charge in [0.1, 0.15) is 22.6 Å². The zero-order chi connectivity index (χ0) is 21.9. The maximum Gasteiger partial charge on any atom is 0.262 e. The number of nitrogens with zero attached hydrogens (tertiary/aromatic N) is 4. The number of nitrogens with two attached hydrogens (primary N) is 1. The first-order valence-electron chi connectivity index (χ1n) is 9.00. The molecule has 1 aliphatic heterocycles. The summed E-state index contributed by atoms with van der Waals surface area (Å²) in [6.45, 7) is 0. The highest BCUT2D eigenvalue weighted by molar-refractivity contribution is 6.32. The van der Waals surface area contributed by atoms with Gasteiger partial charge in [0.25, 0.3) is 17.4 Å². The Bertz CT molecular complexity index is 1490. The molecule has 4 aromatic rings. The number of anilines is 1. The number of ether oxygens (including phenoxy) is 1. The molecule has 2 aromatic heterocycles. The molecule has 3 heterocycles. The number of pyridine rings is 1. The molecule has 5 rings (SSSR count). The fraction of sp³-hybridized carbons (Fsp3) is 0.0500. The van der Waals surface area contributed by atoms with Crippen molar-refractivity contribution in [2.45, 2.75) is 0 Å². The summed E-state index contributed by atoms with van der Waals surface area (Å²) in [5.41, 5.74) is 7.53. The summed E-state index contributed by atoms with van der Waals surface area (Å²) in [4.78, 5) is 37.9. The SMILES string of the molecule is COc1ccc(-n2nc3ccc(-n4c(N)c5c(cc4=O)C(=O)NC5=O)cc3n2)cc1Cl. The second-order valence-electron chi connectivity index (χ2n) is 6.76. The molecule has 0 bridgehead atoms. The number of hydrogen-bond donors (Lipinski definition) is 2. The van der Waals surface area contributed by atoms with Crippen LogP contribution in [0.1, 0.15) is 20.7 Å². The summed E-state index contributed by atoms with van der Waals surface area (Å²) < 4.78 is 6.30. The van der Waals surface area contributed by atoms with Gasteiger partial charge in [0.05, 0.1) is 34.6 Å². The Balaban J connectivity index is 1.63. The van der Waals surface area contributed by atoms with Crippen molar-refractivity contribution < 1.29 is 14.3 Å². The van der Waals surface area contributed by atoms with Crippen molar-refractivity contribution in [1.82, 2.24) is 24.9 Å². The summed E-state index contributed by atoms with van der Waals surface area (Å²) in [6.07, 6.45) is 0. The van der Waals surface area contributed by atoms with Crippen molar-refractivity contribution >= 4 is 40.3 Å². The quantitative estimate of drug-likeness (QED) is 0.467. The van der Waals surface area contributed by atoms with Crippen LogP contribution in [0.5, 0.6) is 5.75 Å². The van der Waals surface area contributed by atoms with E-state index < -0.39 is 17.4 Å². The van der Waals surface area contributed by atoms with Crippen molar-refractivity contribution in [3.8, 4) is 17.1 Å². The molecule has 0 atom stereocenters. The van der Waals surface area contributed by atoms with Gasteiger partial charge in [-0.3, -0.25) is 24.3 Å². The molecule has 154 valence electrons. The Morgan fingerprint density at radius 1 is 0.968 bits per heavy atom. The molecule has 2 amide bonds. The molecular formula is C20H13ClN6O4. The Morgan fingerprint density at radius 2 is 1.71 bits per heavy atom. The topological polar surface area (TPSA) is 134 Å². The van der Waals surface area contributed by atoms with Crippen LogP contribution in [-0.2, 0) is 0 Å². The van der Waals surface area contributed by atoms with E-state index in [1.165, 1.54) is 11.9 Å². The Morgan fingerprint density at radius 3 is 2.45 bits per heavy atom. The van der Waals surface area contributed by atoms with Crippen molar-refractivity contribution in [3.63, 3.8) is 0 Å². The molecule has 0 radical (unpaired) electrons. The van der Waals surface area contributed by atoms with Crippen LogP contribution in [0.15, 0.2) is 47.3 Å². The molecule has 10 nitrogen and oxygen atoms in total. The highest BCUT2D eigenvalue weighted by Crippen LogP contribution is 2.27. The first-order chi connectivity index (χ1) is 14.9. The van der Waals surface area contributed by atoms with E-state index in [2.05, 4.69) is 15.5 Å². The van der Waals surface area contributed by atoms with Gasteiger partial charge in [-0.1, -0.05) is 11.6 Å². The molecular weight excluding hydrogens is 424 g/mol. The smallest absolute Gasteiger partial charge is 0.262 e. The van der Waals surface area contributed by atoms with Gasteiger partial charge < -0.3 is 10.5 Å². The first-order valence-corrected chi connectivity index (χ1v) is 9.38. The number of methoxy groups -OCH3 is 1. The van der Waals surface area contributed by atoms with Gasteiger partial charge in [0, 0.05) is 6.07 Å². The molecule has 0 saturated heterocycles. The van der Waals surface area contributed by atoms with Gasteiger partial charge >= 0.3 is 0 Å². The van der Waals surface area contributed by atoms with Crippen LogP contribution in [0, 0.1) is 0 Å². The lowest BCUT2D eigenvalue weighted by molar-refractivity contribution is 0.0880. The maximum atomic E-state index is 12.6. The minimum absolute atomic E-state index is 0.0266. The standard InChI is InChI=1S/C20H13ClN6O4/c1-31-15-5-3-10(6-12(15)21)27-24-13-4-2-9(7-14(13)25-27)26-16(28)8-11-17(18(26)22)20(30)23-19(11)29/h2-8H,22H2,1H3,(H,23,29,30). The number of nitrogens with one attached hydrogen (secondary N) is 1. The number of rotatable bonds is 3. The van der Waals surface area contributed by atoms with E-state index in [-0.39, 0.29) is 16.9 Å². The predicted octanol–water partition coefficient (Wildman–Crippen LogP) is 1.70. The van der Waals surface area contributed by atoms with E-state index in [1.807, 2.05) is 0 Å². The number of benzene rings is 2. The number of hydrogen-bond acceptors (Lipinski definition) is 7. The van der Waals surface area contributed by atoms with Gasteiger partial charge in [-0.2, -0.15) is 4.80 Å². The zero-order valence-electron chi connectivity index (χ0n) is 15.9. The van der Waals surface area contributed by atoms with E-state index >= 15 is 0 Å². The van der Waals surface area contributed by atoms with Gasteiger partial charge in [0.15, 0.2) is 0 Å². The van der Waals surface area contributed by atoms with E-state index in [1.54, 1.807) is 36.4 Å². The van der Waals surface area contributed by atoms with Gasteiger partial charge in [-0.15, -0.1) is 10.2 Å². The van der Waals surface area contributed by atoms with E-state index in [0.29, 0.717) is 33.2 Å². The summed E-state index contributed by atoms with van der Waals surface area (Å²) in [5.74, 6) is -0.889. The Kier molecular flexibility index (Phi) is 4.05. The number of imide groups is 1. The second kappa shape index (κ2) is 6.67. The third-order valence-corrected chi connectivity index (χ3v) is 5.24. The summed E-state index contributed by atoms with van der Waals surface area (Å²) in [5, 5.41) is 11.4. The number of amides is 2. The molecule has 0 aliphatic carbocycles. The van der Waals surface area contributed by atoms with Crippen LogP contribution in [-0.4, -0.2) is 38.5 Å². The van der Waals surface area contributed by atoms with E-state index in [4.69, 9.17) is 22.1 Å². The average molecular weight is 437 g/mol. The number of halogens is 1. The summed E-state index contributed by atoms with van der Waals surface area (Å²) in [6, 6.07) is 11.1. The maximum absolute atomic E-state index is 12.6. The van der Waals surface area contributed by atoms with Crippen LogP contribution < -0.4 is 21.3 Å². The van der Waals surface area contributed by atoms with Crippen molar-refractivity contribution in [1.29, 1.82) is 0 Å². The largest absolute Gasteiger partial charge is 0.495 e. The number of nitrogen functional groups attached to an aromatic ring is 1. The van der Waals surface area contributed by atoms with E-state index in [0.717, 1.165) is 10.6 Å². The molecule has 0 fully saturated rings. The average Bonchev–Trinajstić information content (AvgIpc) is 3.28. The minimum Gasteiger partial charge on any atom is -0.495 e. The van der Waals surface area contributed by atoms with Gasteiger partial charge in [-0.25, -0.2) is 0 Å². The van der Waals surface area contributed by atoms with Crippen molar-refractivity contribution in [2.75, 3.05) is 12.8 Å². The second-order valence-corrected chi connectivity index (χ2v) is 7.16. The molecule has 1 aliphatic rings. The summed E-state index contributed by atoms with van der Waals surface area (Å²) in [7, 11) is 1.52. The predicted molar refractivity (Wildman–Crippen MR) is 112 cm³/mol. The highest BCUT2D eigenvalue weighted by atomic mass is 35.5. The molecule has 11 heteroatoms.